The van der Waals surface area contributed by atoms with Gasteiger partial charge in [-0.15, -0.1) is 0 Å². The molecular weight excluding hydrogens is 399 g/mol. The van der Waals surface area contributed by atoms with Crippen LogP contribution in [0.25, 0.3) is 0 Å². The third-order valence-corrected chi connectivity index (χ3v) is 19.3. The molecule has 0 saturated carbocycles. The molecule has 0 aliphatic carbocycles. The van der Waals surface area contributed by atoms with Crippen LogP contribution in [0.1, 0.15) is 71.8 Å². The van der Waals surface area contributed by atoms with Gasteiger partial charge in [0.15, 0.2) is 0 Å². The third kappa shape index (κ3) is 7.31. The van der Waals surface area contributed by atoms with Crippen molar-refractivity contribution >= 4 is 18.4 Å². The van der Waals surface area contributed by atoms with Crippen molar-refractivity contribution in [2.75, 3.05) is 0 Å². The average molecular weight is 437 g/mol. The molecule has 0 radical (unpaired) electrons. The van der Waals surface area contributed by atoms with Crippen LogP contribution in [0.4, 0.5) is 0 Å². The summed E-state index contributed by atoms with van der Waals surface area (Å²) in [4.78, 5) is 0. The monoisotopic (exact) mass is 438 g/mol. The summed E-state index contributed by atoms with van der Waals surface area (Å²) < 4.78 is 6.92. The molecule has 136 valence electrons. The van der Waals surface area contributed by atoms with E-state index < -0.39 is 24.0 Å². The summed E-state index contributed by atoms with van der Waals surface area (Å²) in [5, 5.41) is 11.0. The van der Waals surface area contributed by atoms with Gasteiger partial charge in [0.25, 0.3) is 0 Å². The Labute approximate surface area is 154 Å². The van der Waals surface area contributed by atoms with E-state index in [1.165, 1.54) is 51.8 Å². The van der Waals surface area contributed by atoms with Gasteiger partial charge in [0.2, 0.25) is 0 Å². The van der Waals surface area contributed by atoms with Crippen molar-refractivity contribution in [3.63, 3.8) is 0 Å². The quantitative estimate of drug-likeness (QED) is 0.355. The van der Waals surface area contributed by atoms with Crippen LogP contribution in [-0.4, -0.2) is 23.5 Å². The van der Waals surface area contributed by atoms with Gasteiger partial charge in [-0.2, -0.15) is 0 Å². The van der Waals surface area contributed by atoms with E-state index in [0.29, 0.717) is 0 Å². The molecule has 1 atom stereocenters. The number of rotatable bonds is 12. The van der Waals surface area contributed by atoms with Crippen molar-refractivity contribution in [3.8, 4) is 0 Å². The number of hydrogen-bond acceptors (Lipinski definition) is 1. The van der Waals surface area contributed by atoms with E-state index in [1.807, 2.05) is 37.3 Å². The Bertz CT molecular complexity index is 442. The van der Waals surface area contributed by atoms with Crippen molar-refractivity contribution in [1.29, 1.82) is 0 Å². The van der Waals surface area contributed by atoms with Gasteiger partial charge in [0, 0.05) is 0 Å². The number of aliphatic hydroxyl groups is 1. The van der Waals surface area contributed by atoms with Gasteiger partial charge >= 0.3 is 155 Å². The van der Waals surface area contributed by atoms with E-state index >= 15 is 0 Å². The van der Waals surface area contributed by atoms with Crippen LogP contribution in [0.2, 0.25) is 13.3 Å². The van der Waals surface area contributed by atoms with E-state index in [-0.39, 0.29) is 0 Å². The molecule has 0 heterocycles. The SMILES string of the molecule is CCC[CH2][Sn](/[CH]=C/C(C)(O)c1ccccc1)([CH2]CCC)[CH2]CCC. The molecule has 24 heavy (non-hydrogen) atoms. The van der Waals surface area contributed by atoms with E-state index in [1.54, 1.807) is 0 Å². The molecule has 0 bridgehead atoms. The first-order valence-corrected chi connectivity index (χ1v) is 17.7. The van der Waals surface area contributed by atoms with Crippen LogP contribution in [0, 0.1) is 0 Å². The third-order valence-electron chi connectivity index (χ3n) is 5.20. The van der Waals surface area contributed by atoms with Crippen molar-refractivity contribution in [1.82, 2.24) is 0 Å². The zero-order chi connectivity index (χ0) is 17.9. The van der Waals surface area contributed by atoms with Crippen molar-refractivity contribution in [3.05, 3.63) is 46.1 Å². The summed E-state index contributed by atoms with van der Waals surface area (Å²) in [6, 6.07) is 10.1. The summed E-state index contributed by atoms with van der Waals surface area (Å²) in [6.07, 6.45) is 10.1. The van der Waals surface area contributed by atoms with Gasteiger partial charge < -0.3 is 0 Å². The standard InChI is InChI=1S/C10H11O.3C4H9.Sn/c1-3-10(2,11)9-7-5-4-6-8-9;3*1-3-4-2;/h1,3-8,11H,2H3;3*1,3-4H2,2H3;. The first kappa shape index (κ1) is 21.8. The molecule has 1 aromatic carbocycles. The second-order valence-corrected chi connectivity index (χ2v) is 20.5. The Kier molecular flexibility index (Phi) is 10.3. The second kappa shape index (κ2) is 11.4. The van der Waals surface area contributed by atoms with E-state index in [9.17, 15) is 5.11 Å². The Morgan fingerprint density at radius 3 is 1.75 bits per heavy atom. The van der Waals surface area contributed by atoms with Crippen LogP contribution in [0.3, 0.4) is 0 Å². The average Bonchev–Trinajstić information content (AvgIpc) is 2.61. The molecule has 2 heteroatoms. The first-order chi connectivity index (χ1) is 11.5. The summed E-state index contributed by atoms with van der Waals surface area (Å²) in [7, 11) is 0. The second-order valence-electron chi connectivity index (χ2n) is 7.52. The van der Waals surface area contributed by atoms with Gasteiger partial charge in [-0.05, 0) is 0 Å². The predicted octanol–water partition coefficient (Wildman–Crippen LogP) is 6.84. The summed E-state index contributed by atoms with van der Waals surface area (Å²) in [5.74, 6) is 0. The summed E-state index contributed by atoms with van der Waals surface area (Å²) in [6.45, 7) is 8.86. The Morgan fingerprint density at radius 1 is 0.875 bits per heavy atom. The maximum absolute atomic E-state index is 11.0. The van der Waals surface area contributed by atoms with Crippen molar-refractivity contribution in [2.45, 2.75) is 85.1 Å². The maximum atomic E-state index is 11.0. The number of unbranched alkanes of at least 4 members (excludes halogenated alkanes) is 3. The van der Waals surface area contributed by atoms with Gasteiger partial charge in [0.05, 0.1) is 0 Å². The molecule has 1 rings (SSSR count). The molecule has 1 nitrogen and oxygen atoms in total. The normalized spacial score (nSPS) is 14.9. The molecule has 1 unspecified atom stereocenters. The Balaban J connectivity index is 3.02. The molecule has 0 aliphatic heterocycles. The minimum absolute atomic E-state index is 0.839. The van der Waals surface area contributed by atoms with Gasteiger partial charge in [-0.3, -0.25) is 0 Å². The fourth-order valence-electron chi connectivity index (χ4n) is 3.42. The van der Waals surface area contributed by atoms with Crippen LogP contribution >= 0.6 is 0 Å². The van der Waals surface area contributed by atoms with E-state index in [2.05, 4.69) is 30.9 Å². The Hall–Kier alpha value is -0.281. The first-order valence-electron chi connectivity index (χ1n) is 9.98. The fourth-order valence-corrected chi connectivity index (χ4v) is 18.0. The summed E-state index contributed by atoms with van der Waals surface area (Å²) in [5.41, 5.74) is 0.163. The Morgan fingerprint density at radius 2 is 1.33 bits per heavy atom. The van der Waals surface area contributed by atoms with Crippen LogP contribution < -0.4 is 0 Å². The molecule has 1 N–H and O–H groups in total. The molecular formula is C22H38OSn. The van der Waals surface area contributed by atoms with Gasteiger partial charge in [-0.25, -0.2) is 0 Å². The number of benzene rings is 1. The summed E-state index contributed by atoms with van der Waals surface area (Å²) >= 11 is -2.31. The molecule has 1 aromatic rings. The van der Waals surface area contributed by atoms with Gasteiger partial charge in [-0.1, -0.05) is 0 Å². The molecule has 0 saturated heterocycles. The fraction of sp³-hybridized carbons (Fsp3) is 0.636. The van der Waals surface area contributed by atoms with Gasteiger partial charge in [0.1, 0.15) is 0 Å². The zero-order valence-electron chi connectivity index (χ0n) is 16.4. The molecule has 0 aliphatic rings. The predicted molar refractivity (Wildman–Crippen MR) is 110 cm³/mol. The molecule has 0 aromatic heterocycles. The van der Waals surface area contributed by atoms with Crippen LogP contribution in [0.15, 0.2) is 40.5 Å². The molecule has 0 fully saturated rings. The topological polar surface area (TPSA) is 20.2 Å². The van der Waals surface area contributed by atoms with Crippen molar-refractivity contribution < 1.29 is 5.11 Å². The van der Waals surface area contributed by atoms with Crippen molar-refractivity contribution in [2.24, 2.45) is 0 Å². The number of hydrogen-bond donors (Lipinski definition) is 1. The molecule has 0 amide bonds. The van der Waals surface area contributed by atoms with E-state index in [0.717, 1.165) is 5.56 Å². The van der Waals surface area contributed by atoms with E-state index in [4.69, 9.17) is 0 Å². The minimum atomic E-state index is -2.31. The van der Waals surface area contributed by atoms with Crippen LogP contribution in [-0.2, 0) is 5.60 Å². The molecule has 0 spiro atoms. The van der Waals surface area contributed by atoms with Crippen LogP contribution in [0.5, 0.6) is 0 Å². The zero-order valence-corrected chi connectivity index (χ0v) is 19.2.